The highest BCUT2D eigenvalue weighted by molar-refractivity contribution is 9.10. The molecule has 0 fully saturated rings. The summed E-state index contributed by atoms with van der Waals surface area (Å²) in [5, 5.41) is 9.35. The average molecular weight is 455 g/mol. The molecule has 0 atom stereocenters. The van der Waals surface area contributed by atoms with E-state index in [1.54, 1.807) is 7.11 Å². The molecule has 0 amide bonds. The highest BCUT2D eigenvalue weighted by Crippen LogP contribution is 2.15. The van der Waals surface area contributed by atoms with Crippen LogP contribution in [0, 0.1) is 0 Å². The first-order valence-corrected chi connectivity index (χ1v) is 9.75. The third-order valence-corrected chi connectivity index (χ3v) is 4.85. The zero-order valence-electron chi connectivity index (χ0n) is 15.6. The minimum atomic E-state index is -0.215. The van der Waals surface area contributed by atoms with Crippen LogP contribution < -0.4 is 20.9 Å². The predicted octanol–water partition coefficient (Wildman–Crippen LogP) is 3.41. The lowest BCUT2D eigenvalue weighted by molar-refractivity contribution is 0.414. The number of rotatable bonds is 7. The van der Waals surface area contributed by atoms with Crippen molar-refractivity contribution < 1.29 is 4.74 Å². The van der Waals surface area contributed by atoms with Crippen molar-refractivity contribution >= 4 is 33.3 Å². The molecular formula is C20H19BrN6O2. The number of H-pyrrole nitrogens is 1. The fourth-order valence-electron chi connectivity index (χ4n) is 2.79. The van der Waals surface area contributed by atoms with Crippen LogP contribution in [0.2, 0.25) is 0 Å². The first-order chi connectivity index (χ1) is 14.1. The molecule has 4 rings (SSSR count). The molecule has 2 aromatic carbocycles. The Hall–Kier alpha value is -3.33. The maximum absolute atomic E-state index is 12.4. The van der Waals surface area contributed by atoms with Crippen molar-refractivity contribution in [2.45, 2.75) is 13.1 Å². The van der Waals surface area contributed by atoms with Crippen molar-refractivity contribution in [3.63, 3.8) is 0 Å². The van der Waals surface area contributed by atoms with E-state index < -0.39 is 0 Å². The summed E-state index contributed by atoms with van der Waals surface area (Å²) in [7, 11) is 1.63. The van der Waals surface area contributed by atoms with E-state index in [1.165, 1.54) is 10.6 Å². The first kappa shape index (κ1) is 19.0. The van der Waals surface area contributed by atoms with Gasteiger partial charge in [-0.2, -0.15) is 9.50 Å². The molecule has 0 saturated heterocycles. The first-order valence-electron chi connectivity index (χ1n) is 8.96. The van der Waals surface area contributed by atoms with Gasteiger partial charge in [-0.05, 0) is 42.0 Å². The van der Waals surface area contributed by atoms with Gasteiger partial charge >= 0.3 is 0 Å². The maximum Gasteiger partial charge on any atom is 0.274 e. The fourth-order valence-corrected chi connectivity index (χ4v) is 3.05. The summed E-state index contributed by atoms with van der Waals surface area (Å²) in [6.07, 6.45) is 0. The van der Waals surface area contributed by atoms with Gasteiger partial charge in [0.2, 0.25) is 5.95 Å². The van der Waals surface area contributed by atoms with Gasteiger partial charge in [0.1, 0.15) is 5.75 Å². The van der Waals surface area contributed by atoms with Crippen LogP contribution in [0.3, 0.4) is 0 Å². The number of benzene rings is 2. The Kier molecular flexibility index (Phi) is 5.48. The van der Waals surface area contributed by atoms with Gasteiger partial charge in [0.25, 0.3) is 11.3 Å². The maximum atomic E-state index is 12.4. The number of methoxy groups -OCH3 is 1. The molecule has 2 heterocycles. The molecule has 8 nitrogen and oxygen atoms in total. The van der Waals surface area contributed by atoms with Gasteiger partial charge < -0.3 is 15.4 Å². The van der Waals surface area contributed by atoms with Crippen molar-refractivity contribution in [2.24, 2.45) is 0 Å². The second-order valence-corrected chi connectivity index (χ2v) is 7.27. The van der Waals surface area contributed by atoms with Crippen LogP contribution in [0.25, 0.3) is 5.78 Å². The Bertz CT molecular complexity index is 1170. The van der Waals surface area contributed by atoms with Crippen molar-refractivity contribution in [2.75, 3.05) is 17.7 Å². The van der Waals surface area contributed by atoms with Gasteiger partial charge in [0.05, 0.1) is 19.3 Å². The zero-order chi connectivity index (χ0) is 20.2. The summed E-state index contributed by atoms with van der Waals surface area (Å²) in [4.78, 5) is 21.2. The largest absolute Gasteiger partial charge is 0.497 e. The van der Waals surface area contributed by atoms with Crippen LogP contribution in [-0.2, 0) is 13.1 Å². The Labute approximate surface area is 175 Å². The third-order valence-electron chi connectivity index (χ3n) is 4.32. The lowest BCUT2D eigenvalue weighted by atomic mass is 10.2. The van der Waals surface area contributed by atoms with Crippen LogP contribution in [0.5, 0.6) is 5.75 Å². The predicted molar refractivity (Wildman–Crippen MR) is 115 cm³/mol. The highest BCUT2D eigenvalue weighted by atomic mass is 79.9. The van der Waals surface area contributed by atoms with E-state index >= 15 is 0 Å². The monoisotopic (exact) mass is 454 g/mol. The average Bonchev–Trinajstić information content (AvgIpc) is 3.16. The molecule has 0 spiro atoms. The molecule has 148 valence electrons. The van der Waals surface area contributed by atoms with Gasteiger partial charge in [-0.25, -0.2) is 4.98 Å². The molecule has 0 bridgehead atoms. The Morgan fingerprint density at radius 1 is 1.03 bits per heavy atom. The summed E-state index contributed by atoms with van der Waals surface area (Å²) in [5.41, 5.74) is 2.41. The van der Waals surface area contributed by atoms with Crippen molar-refractivity contribution in [3.05, 3.63) is 80.7 Å². The molecule has 3 N–H and O–H groups in total. The van der Waals surface area contributed by atoms with E-state index in [4.69, 9.17) is 4.74 Å². The van der Waals surface area contributed by atoms with E-state index in [9.17, 15) is 4.79 Å². The van der Waals surface area contributed by atoms with Crippen LogP contribution in [0.15, 0.2) is 63.9 Å². The number of hydrogen-bond acceptors (Lipinski definition) is 6. The van der Waals surface area contributed by atoms with Crippen LogP contribution in [0.1, 0.15) is 11.3 Å². The number of anilines is 2. The van der Waals surface area contributed by atoms with E-state index in [0.29, 0.717) is 30.5 Å². The highest BCUT2D eigenvalue weighted by Gasteiger charge is 2.08. The Balaban J connectivity index is 1.46. The van der Waals surface area contributed by atoms with Gasteiger partial charge in [-0.1, -0.05) is 28.1 Å². The van der Waals surface area contributed by atoms with Crippen LogP contribution in [-0.4, -0.2) is 26.7 Å². The Morgan fingerprint density at radius 2 is 1.79 bits per heavy atom. The van der Waals surface area contributed by atoms with Crippen LogP contribution >= 0.6 is 15.9 Å². The minimum Gasteiger partial charge on any atom is -0.497 e. The van der Waals surface area contributed by atoms with E-state index in [0.717, 1.165) is 21.5 Å². The quantitative estimate of drug-likeness (QED) is 0.395. The van der Waals surface area contributed by atoms with Gasteiger partial charge in [-0.15, -0.1) is 0 Å². The molecule has 0 saturated carbocycles. The number of halogens is 1. The lowest BCUT2D eigenvalue weighted by Gasteiger charge is -2.05. The molecule has 0 aliphatic heterocycles. The molecular weight excluding hydrogens is 436 g/mol. The number of aromatic nitrogens is 4. The lowest BCUT2D eigenvalue weighted by Crippen LogP contribution is -2.17. The van der Waals surface area contributed by atoms with Crippen molar-refractivity contribution in [1.29, 1.82) is 0 Å². The third kappa shape index (κ3) is 4.57. The molecule has 4 aromatic rings. The number of ether oxygens (including phenoxy) is 1. The van der Waals surface area contributed by atoms with Crippen LogP contribution in [0.4, 0.5) is 11.6 Å². The second kappa shape index (κ2) is 8.36. The summed E-state index contributed by atoms with van der Waals surface area (Å²) in [5.74, 6) is 1.60. The van der Waals surface area contributed by atoms with Crippen molar-refractivity contribution in [1.82, 2.24) is 19.6 Å². The fraction of sp³-hybridized carbons (Fsp3) is 0.150. The zero-order valence-corrected chi connectivity index (χ0v) is 17.2. The van der Waals surface area contributed by atoms with Gasteiger partial charge in [-0.3, -0.25) is 9.89 Å². The minimum absolute atomic E-state index is 0.215. The number of hydrogen-bond donors (Lipinski definition) is 3. The smallest absolute Gasteiger partial charge is 0.274 e. The Morgan fingerprint density at radius 3 is 2.52 bits per heavy atom. The van der Waals surface area contributed by atoms with Gasteiger partial charge in [0, 0.05) is 22.8 Å². The van der Waals surface area contributed by atoms with Gasteiger partial charge in [0.15, 0.2) is 0 Å². The number of aromatic amines is 1. The van der Waals surface area contributed by atoms with E-state index in [1.807, 2.05) is 48.5 Å². The van der Waals surface area contributed by atoms with Crippen molar-refractivity contribution in [3.8, 4) is 5.75 Å². The summed E-state index contributed by atoms with van der Waals surface area (Å²) < 4.78 is 7.48. The molecule has 0 unspecified atom stereocenters. The van der Waals surface area contributed by atoms with E-state index in [-0.39, 0.29) is 5.56 Å². The second-order valence-electron chi connectivity index (χ2n) is 6.36. The summed E-state index contributed by atoms with van der Waals surface area (Å²) in [6.45, 7) is 0.978. The standard InChI is InChI=1S/C20H19BrN6O2/c1-29-17-8-2-13(3-9-17)11-23-19-25-20-24-16(10-18(28)27(20)26-19)12-22-15-6-4-14(21)5-7-15/h2-10,22H,11-12H2,1H3,(H2,23,24,25,26). The summed E-state index contributed by atoms with van der Waals surface area (Å²) >= 11 is 3.41. The molecule has 9 heteroatoms. The number of fused-ring (bicyclic) bond motifs is 1. The number of nitrogens with one attached hydrogen (secondary N) is 3. The normalized spacial score (nSPS) is 10.8. The van der Waals surface area contributed by atoms with E-state index in [2.05, 4.69) is 41.6 Å². The molecule has 2 aromatic heterocycles. The SMILES string of the molecule is COc1ccc(CNc2nc3nc(CNc4ccc(Br)cc4)cc(=O)n3[nH]2)cc1. The molecule has 29 heavy (non-hydrogen) atoms. The molecule has 0 aliphatic carbocycles. The summed E-state index contributed by atoms with van der Waals surface area (Å²) in [6, 6.07) is 17.0. The topological polar surface area (TPSA) is 96.3 Å². The molecule has 0 radical (unpaired) electrons. The number of nitrogens with zero attached hydrogens (tertiary/aromatic N) is 3. The molecule has 0 aliphatic rings.